The standard InChI is InChI=1S/C20H18BrN3O2/c21-16-9-7-13(8-10-16)11-18(25)22-17-6-2-5-15(12-17)19-23-20(26-24-19)14-3-1-4-14/h2,5-10,12,14H,1,3-4,11H2,(H,22,25). The lowest BCUT2D eigenvalue weighted by Gasteiger charge is -2.20. The minimum Gasteiger partial charge on any atom is -0.339 e. The fourth-order valence-corrected chi connectivity index (χ4v) is 3.17. The van der Waals surface area contributed by atoms with E-state index in [1.54, 1.807) is 0 Å². The number of amides is 1. The van der Waals surface area contributed by atoms with Crippen molar-refractivity contribution in [1.29, 1.82) is 0 Å². The summed E-state index contributed by atoms with van der Waals surface area (Å²) in [5, 5.41) is 7.01. The third kappa shape index (κ3) is 3.85. The average Bonchev–Trinajstić information content (AvgIpc) is 3.05. The van der Waals surface area contributed by atoms with Gasteiger partial charge in [0.25, 0.3) is 0 Å². The zero-order valence-corrected chi connectivity index (χ0v) is 15.7. The summed E-state index contributed by atoms with van der Waals surface area (Å²) in [5.74, 6) is 1.63. The van der Waals surface area contributed by atoms with Gasteiger partial charge in [0.05, 0.1) is 6.42 Å². The van der Waals surface area contributed by atoms with Crippen molar-refractivity contribution in [2.75, 3.05) is 5.32 Å². The van der Waals surface area contributed by atoms with Gasteiger partial charge >= 0.3 is 0 Å². The molecular formula is C20H18BrN3O2. The van der Waals surface area contributed by atoms with Crippen LogP contribution >= 0.6 is 15.9 Å². The second-order valence-electron chi connectivity index (χ2n) is 6.52. The Balaban J connectivity index is 1.44. The van der Waals surface area contributed by atoms with Gasteiger partial charge in [0.1, 0.15) is 0 Å². The number of rotatable bonds is 5. The number of hydrogen-bond donors (Lipinski definition) is 1. The summed E-state index contributed by atoms with van der Waals surface area (Å²) in [6.07, 6.45) is 3.79. The number of nitrogens with zero attached hydrogens (tertiary/aromatic N) is 2. The van der Waals surface area contributed by atoms with Crippen LogP contribution in [0.5, 0.6) is 0 Å². The molecule has 0 spiro atoms. The third-order valence-corrected chi connectivity index (χ3v) is 5.11. The summed E-state index contributed by atoms with van der Waals surface area (Å²) in [7, 11) is 0. The van der Waals surface area contributed by atoms with E-state index in [-0.39, 0.29) is 5.91 Å². The van der Waals surface area contributed by atoms with Crippen LogP contribution in [0.2, 0.25) is 0 Å². The Bertz CT molecular complexity index is 917. The molecule has 2 aromatic carbocycles. The molecule has 26 heavy (non-hydrogen) atoms. The maximum absolute atomic E-state index is 12.3. The van der Waals surface area contributed by atoms with E-state index < -0.39 is 0 Å². The molecule has 1 aliphatic carbocycles. The Labute approximate surface area is 159 Å². The molecule has 1 fully saturated rings. The second-order valence-corrected chi connectivity index (χ2v) is 7.43. The molecule has 1 saturated carbocycles. The van der Waals surface area contributed by atoms with Gasteiger partial charge in [0.15, 0.2) is 0 Å². The van der Waals surface area contributed by atoms with E-state index in [0.717, 1.165) is 40.0 Å². The van der Waals surface area contributed by atoms with Crippen molar-refractivity contribution in [2.24, 2.45) is 0 Å². The smallest absolute Gasteiger partial charge is 0.230 e. The topological polar surface area (TPSA) is 68.0 Å². The molecule has 1 N–H and O–H groups in total. The maximum atomic E-state index is 12.3. The van der Waals surface area contributed by atoms with Crippen molar-refractivity contribution in [3.63, 3.8) is 0 Å². The number of hydrogen-bond acceptors (Lipinski definition) is 4. The maximum Gasteiger partial charge on any atom is 0.230 e. The van der Waals surface area contributed by atoms with Crippen LogP contribution in [0.1, 0.15) is 36.6 Å². The van der Waals surface area contributed by atoms with E-state index >= 15 is 0 Å². The van der Waals surface area contributed by atoms with E-state index in [0.29, 0.717) is 18.2 Å². The molecule has 0 unspecified atom stereocenters. The first-order chi connectivity index (χ1) is 12.7. The first kappa shape index (κ1) is 17.0. The summed E-state index contributed by atoms with van der Waals surface area (Å²) < 4.78 is 6.38. The van der Waals surface area contributed by atoms with Crippen LogP contribution in [0, 0.1) is 0 Å². The molecule has 1 amide bonds. The van der Waals surface area contributed by atoms with Crippen LogP contribution in [-0.4, -0.2) is 16.0 Å². The van der Waals surface area contributed by atoms with Gasteiger partial charge in [-0.2, -0.15) is 4.98 Å². The number of anilines is 1. The number of carbonyl (C=O) groups excluding carboxylic acids is 1. The average molecular weight is 412 g/mol. The summed E-state index contributed by atoms with van der Waals surface area (Å²) in [4.78, 5) is 16.8. The summed E-state index contributed by atoms with van der Waals surface area (Å²) >= 11 is 3.39. The Morgan fingerprint density at radius 1 is 1.19 bits per heavy atom. The van der Waals surface area contributed by atoms with Crippen molar-refractivity contribution < 1.29 is 9.32 Å². The molecule has 0 saturated heterocycles. The van der Waals surface area contributed by atoms with Crippen molar-refractivity contribution >= 4 is 27.5 Å². The molecule has 4 rings (SSSR count). The number of benzene rings is 2. The van der Waals surface area contributed by atoms with E-state index in [1.807, 2.05) is 48.5 Å². The fraction of sp³-hybridized carbons (Fsp3) is 0.250. The predicted octanol–water partition coefficient (Wildman–Crippen LogP) is 4.95. The molecule has 132 valence electrons. The summed E-state index contributed by atoms with van der Waals surface area (Å²) in [6, 6.07) is 15.2. The lowest BCUT2D eigenvalue weighted by Crippen LogP contribution is -2.14. The van der Waals surface area contributed by atoms with Crippen LogP contribution in [0.15, 0.2) is 57.5 Å². The molecule has 1 aromatic heterocycles. The molecule has 3 aromatic rings. The Morgan fingerprint density at radius 2 is 2.00 bits per heavy atom. The molecule has 0 radical (unpaired) electrons. The zero-order chi connectivity index (χ0) is 17.9. The van der Waals surface area contributed by atoms with Crippen LogP contribution in [0.3, 0.4) is 0 Å². The monoisotopic (exact) mass is 411 g/mol. The molecule has 0 atom stereocenters. The number of halogens is 1. The molecule has 0 bridgehead atoms. The lowest BCUT2D eigenvalue weighted by atomic mass is 9.85. The normalized spacial score (nSPS) is 14.0. The van der Waals surface area contributed by atoms with Gasteiger partial charge in [-0.15, -0.1) is 0 Å². The quantitative estimate of drug-likeness (QED) is 0.644. The van der Waals surface area contributed by atoms with Crippen LogP contribution in [0.25, 0.3) is 11.4 Å². The summed E-state index contributed by atoms with van der Waals surface area (Å²) in [5.41, 5.74) is 2.52. The highest BCUT2D eigenvalue weighted by Crippen LogP contribution is 2.36. The van der Waals surface area contributed by atoms with Gasteiger partial charge in [-0.1, -0.05) is 51.8 Å². The van der Waals surface area contributed by atoms with Crippen LogP contribution in [-0.2, 0) is 11.2 Å². The van der Waals surface area contributed by atoms with Gasteiger partial charge in [-0.05, 0) is 42.7 Å². The summed E-state index contributed by atoms with van der Waals surface area (Å²) in [6.45, 7) is 0. The van der Waals surface area contributed by atoms with Crippen LogP contribution in [0.4, 0.5) is 5.69 Å². The van der Waals surface area contributed by atoms with Gasteiger partial charge in [-0.25, -0.2) is 0 Å². The van der Waals surface area contributed by atoms with E-state index in [2.05, 4.69) is 31.4 Å². The fourth-order valence-electron chi connectivity index (χ4n) is 2.90. The van der Waals surface area contributed by atoms with Gasteiger partial charge in [0.2, 0.25) is 17.6 Å². The van der Waals surface area contributed by atoms with Gasteiger partial charge in [-0.3, -0.25) is 4.79 Å². The Kier molecular flexibility index (Phi) is 4.84. The molecule has 1 aliphatic rings. The van der Waals surface area contributed by atoms with Crippen molar-refractivity contribution in [3.8, 4) is 11.4 Å². The van der Waals surface area contributed by atoms with Crippen LogP contribution < -0.4 is 5.32 Å². The minimum absolute atomic E-state index is 0.0623. The number of nitrogens with one attached hydrogen (secondary N) is 1. The van der Waals surface area contributed by atoms with Gasteiger partial charge in [0, 0.05) is 21.6 Å². The van der Waals surface area contributed by atoms with Crippen molar-refractivity contribution in [1.82, 2.24) is 10.1 Å². The van der Waals surface area contributed by atoms with Gasteiger partial charge < -0.3 is 9.84 Å². The SMILES string of the molecule is O=C(Cc1ccc(Br)cc1)Nc1cccc(-c2noc(C3CCC3)n2)c1. The predicted molar refractivity (Wildman–Crippen MR) is 103 cm³/mol. The first-order valence-electron chi connectivity index (χ1n) is 8.66. The van der Waals surface area contributed by atoms with E-state index in [4.69, 9.17) is 4.52 Å². The largest absolute Gasteiger partial charge is 0.339 e. The minimum atomic E-state index is -0.0623. The highest BCUT2D eigenvalue weighted by atomic mass is 79.9. The molecule has 0 aliphatic heterocycles. The first-order valence-corrected chi connectivity index (χ1v) is 9.45. The highest BCUT2D eigenvalue weighted by Gasteiger charge is 2.25. The zero-order valence-electron chi connectivity index (χ0n) is 14.1. The Hall–Kier alpha value is -2.47. The third-order valence-electron chi connectivity index (χ3n) is 4.58. The highest BCUT2D eigenvalue weighted by molar-refractivity contribution is 9.10. The van der Waals surface area contributed by atoms with E-state index in [1.165, 1.54) is 6.42 Å². The van der Waals surface area contributed by atoms with Crippen molar-refractivity contribution in [2.45, 2.75) is 31.6 Å². The Morgan fingerprint density at radius 3 is 2.73 bits per heavy atom. The molecule has 6 heteroatoms. The number of carbonyl (C=O) groups is 1. The second kappa shape index (κ2) is 7.41. The molecular weight excluding hydrogens is 394 g/mol. The lowest BCUT2D eigenvalue weighted by molar-refractivity contribution is -0.115. The molecule has 5 nitrogen and oxygen atoms in total. The number of aromatic nitrogens is 2. The van der Waals surface area contributed by atoms with Crippen molar-refractivity contribution in [3.05, 3.63) is 64.5 Å². The molecule has 1 heterocycles. The van der Waals surface area contributed by atoms with E-state index in [9.17, 15) is 4.79 Å².